The van der Waals surface area contributed by atoms with Crippen LogP contribution in [0.1, 0.15) is 24.2 Å². The van der Waals surface area contributed by atoms with Crippen LogP contribution < -0.4 is 5.32 Å². The third kappa shape index (κ3) is 3.69. The first-order valence-corrected chi connectivity index (χ1v) is 6.61. The number of morpholine rings is 1. The van der Waals surface area contributed by atoms with Crippen molar-refractivity contribution in [1.82, 2.24) is 4.90 Å². The predicted octanol–water partition coefficient (Wildman–Crippen LogP) is 2.17. The molecule has 0 aromatic heterocycles. The maximum atomic E-state index is 13.6. The molecular weight excluding hydrogens is 279 g/mol. The summed E-state index contributed by atoms with van der Waals surface area (Å²) in [5.41, 5.74) is -0.212. The number of benzene rings is 1. The number of anilines is 1. The van der Waals surface area contributed by atoms with Crippen molar-refractivity contribution in [1.29, 1.82) is 0 Å². The molecule has 0 radical (unpaired) electrons. The fraction of sp³-hybridized carbons (Fsp3) is 0.429. The zero-order valence-corrected chi connectivity index (χ0v) is 11.8. The molecule has 21 heavy (non-hydrogen) atoms. The second-order valence-corrected chi connectivity index (χ2v) is 5.09. The van der Waals surface area contributed by atoms with E-state index >= 15 is 0 Å². The Bertz CT molecular complexity index is 554. The molecule has 2 amide bonds. The van der Waals surface area contributed by atoms with Crippen LogP contribution in [-0.4, -0.2) is 47.3 Å². The van der Waals surface area contributed by atoms with Crippen LogP contribution in [0.2, 0.25) is 0 Å². The van der Waals surface area contributed by atoms with Crippen LogP contribution in [-0.2, 0) is 4.74 Å². The molecule has 7 heteroatoms. The molecule has 1 saturated heterocycles. The van der Waals surface area contributed by atoms with Crippen LogP contribution in [0.15, 0.2) is 18.2 Å². The molecule has 6 nitrogen and oxygen atoms in total. The Morgan fingerprint density at radius 2 is 1.95 bits per heavy atom. The van der Waals surface area contributed by atoms with Crippen molar-refractivity contribution < 1.29 is 23.8 Å². The minimum atomic E-state index is -1.35. The van der Waals surface area contributed by atoms with E-state index in [9.17, 15) is 14.0 Å². The number of carbonyl (C=O) groups excluding carboxylic acids is 1. The average Bonchev–Trinajstić information content (AvgIpc) is 2.37. The fourth-order valence-corrected chi connectivity index (χ4v) is 2.31. The lowest BCUT2D eigenvalue weighted by Gasteiger charge is -2.35. The van der Waals surface area contributed by atoms with Gasteiger partial charge in [0.1, 0.15) is 5.82 Å². The molecule has 0 bridgehead atoms. The molecule has 0 aliphatic carbocycles. The topological polar surface area (TPSA) is 78.9 Å². The monoisotopic (exact) mass is 296 g/mol. The van der Waals surface area contributed by atoms with Gasteiger partial charge in [-0.1, -0.05) is 0 Å². The number of halogens is 1. The number of amides is 2. The van der Waals surface area contributed by atoms with Crippen LogP contribution in [0.5, 0.6) is 0 Å². The number of carbonyl (C=O) groups is 2. The van der Waals surface area contributed by atoms with Gasteiger partial charge in [0, 0.05) is 18.8 Å². The predicted molar refractivity (Wildman–Crippen MR) is 74.0 cm³/mol. The summed E-state index contributed by atoms with van der Waals surface area (Å²) in [6.07, 6.45) is -0.128. The molecule has 1 aliphatic heterocycles. The van der Waals surface area contributed by atoms with Gasteiger partial charge >= 0.3 is 12.0 Å². The molecule has 2 atom stereocenters. The largest absolute Gasteiger partial charge is 0.478 e. The van der Waals surface area contributed by atoms with Gasteiger partial charge in [-0.3, -0.25) is 0 Å². The quantitative estimate of drug-likeness (QED) is 0.876. The number of urea groups is 1. The highest BCUT2D eigenvalue weighted by molar-refractivity contribution is 5.91. The molecule has 1 fully saturated rings. The Balaban J connectivity index is 2.06. The smallest absolute Gasteiger partial charge is 0.338 e. The highest BCUT2D eigenvalue weighted by Gasteiger charge is 2.26. The van der Waals surface area contributed by atoms with Gasteiger partial charge in [0.15, 0.2) is 0 Å². The molecule has 114 valence electrons. The normalized spacial score (nSPS) is 22.0. The highest BCUT2D eigenvalue weighted by Crippen LogP contribution is 2.17. The summed E-state index contributed by atoms with van der Waals surface area (Å²) in [4.78, 5) is 24.4. The Morgan fingerprint density at radius 1 is 1.33 bits per heavy atom. The van der Waals surface area contributed by atoms with Gasteiger partial charge in [0.25, 0.3) is 0 Å². The van der Waals surface area contributed by atoms with Gasteiger partial charge in [0.2, 0.25) is 0 Å². The van der Waals surface area contributed by atoms with E-state index in [1.165, 1.54) is 6.07 Å². The molecule has 0 saturated carbocycles. The van der Waals surface area contributed by atoms with Crippen molar-refractivity contribution in [2.75, 3.05) is 18.4 Å². The number of ether oxygens (including phenoxy) is 1. The second-order valence-electron chi connectivity index (χ2n) is 5.09. The number of hydrogen-bond acceptors (Lipinski definition) is 3. The molecule has 1 heterocycles. The van der Waals surface area contributed by atoms with E-state index in [0.29, 0.717) is 13.1 Å². The van der Waals surface area contributed by atoms with Crippen molar-refractivity contribution in [3.05, 3.63) is 29.6 Å². The van der Waals surface area contributed by atoms with Crippen molar-refractivity contribution in [3.8, 4) is 0 Å². The van der Waals surface area contributed by atoms with E-state index in [2.05, 4.69) is 5.32 Å². The van der Waals surface area contributed by atoms with Crippen LogP contribution in [0, 0.1) is 5.82 Å². The summed E-state index contributed by atoms with van der Waals surface area (Å²) < 4.78 is 19.1. The Kier molecular flexibility index (Phi) is 4.42. The van der Waals surface area contributed by atoms with Crippen LogP contribution in [0.3, 0.4) is 0 Å². The number of carboxylic acids is 1. The maximum Gasteiger partial charge on any atom is 0.338 e. The van der Waals surface area contributed by atoms with Gasteiger partial charge in [-0.2, -0.15) is 0 Å². The van der Waals surface area contributed by atoms with Crippen molar-refractivity contribution in [2.45, 2.75) is 26.1 Å². The first-order chi connectivity index (χ1) is 9.86. The summed E-state index contributed by atoms with van der Waals surface area (Å²) in [5.74, 6) is -2.23. The number of nitrogens with one attached hydrogen (secondary N) is 1. The van der Waals surface area contributed by atoms with Crippen LogP contribution in [0.25, 0.3) is 0 Å². The van der Waals surface area contributed by atoms with Crippen molar-refractivity contribution in [2.24, 2.45) is 0 Å². The zero-order chi connectivity index (χ0) is 15.6. The first-order valence-electron chi connectivity index (χ1n) is 6.61. The van der Waals surface area contributed by atoms with Crippen molar-refractivity contribution >= 4 is 17.7 Å². The Labute approximate surface area is 121 Å². The van der Waals surface area contributed by atoms with E-state index in [4.69, 9.17) is 9.84 Å². The number of nitrogens with zero attached hydrogens (tertiary/aromatic N) is 1. The lowest BCUT2D eigenvalue weighted by Crippen LogP contribution is -2.49. The zero-order valence-electron chi connectivity index (χ0n) is 11.8. The van der Waals surface area contributed by atoms with Gasteiger partial charge in [-0.25, -0.2) is 14.0 Å². The second kappa shape index (κ2) is 6.09. The first kappa shape index (κ1) is 15.2. The van der Waals surface area contributed by atoms with Gasteiger partial charge < -0.3 is 20.1 Å². The third-order valence-electron chi connectivity index (χ3n) is 3.16. The molecule has 0 spiro atoms. The number of hydrogen-bond donors (Lipinski definition) is 2. The molecule has 0 unspecified atom stereocenters. The SMILES string of the molecule is C[C@@H]1CN(C(=O)Nc2ccc(C(=O)O)c(F)c2)C[C@H](C)O1. The van der Waals surface area contributed by atoms with E-state index in [1.54, 1.807) is 4.90 Å². The minimum absolute atomic E-state index is 0.0642. The lowest BCUT2D eigenvalue weighted by atomic mass is 10.2. The Hall–Kier alpha value is -2.15. The van der Waals surface area contributed by atoms with E-state index in [0.717, 1.165) is 12.1 Å². The molecular formula is C14H17FN2O4. The average molecular weight is 296 g/mol. The van der Waals surface area contributed by atoms with Gasteiger partial charge in [0.05, 0.1) is 17.8 Å². The highest BCUT2D eigenvalue weighted by atomic mass is 19.1. The standard InChI is InChI=1S/C14H17FN2O4/c1-8-6-17(7-9(2)21-8)14(20)16-10-3-4-11(13(18)19)12(15)5-10/h3-5,8-9H,6-7H2,1-2H3,(H,16,20)(H,18,19)/t8-,9+. The number of carboxylic acid groups (broad SMARTS) is 1. The minimum Gasteiger partial charge on any atom is -0.478 e. The third-order valence-corrected chi connectivity index (χ3v) is 3.16. The van der Waals surface area contributed by atoms with Gasteiger partial charge in [-0.15, -0.1) is 0 Å². The van der Waals surface area contributed by atoms with Crippen molar-refractivity contribution in [3.63, 3.8) is 0 Å². The number of aromatic carboxylic acids is 1. The van der Waals surface area contributed by atoms with E-state index in [-0.39, 0.29) is 23.9 Å². The Morgan fingerprint density at radius 3 is 2.48 bits per heavy atom. The number of rotatable bonds is 2. The summed E-state index contributed by atoms with van der Waals surface area (Å²) in [6.45, 7) is 4.65. The summed E-state index contributed by atoms with van der Waals surface area (Å²) in [5, 5.41) is 11.3. The summed E-state index contributed by atoms with van der Waals surface area (Å²) in [6, 6.07) is 3.11. The molecule has 1 aromatic rings. The summed E-state index contributed by atoms with van der Waals surface area (Å²) in [7, 11) is 0. The van der Waals surface area contributed by atoms with E-state index in [1.807, 2.05) is 13.8 Å². The van der Waals surface area contributed by atoms with Gasteiger partial charge in [-0.05, 0) is 32.0 Å². The van der Waals surface area contributed by atoms with E-state index < -0.39 is 17.3 Å². The molecule has 1 aliphatic rings. The molecule has 2 N–H and O–H groups in total. The fourth-order valence-electron chi connectivity index (χ4n) is 2.31. The maximum absolute atomic E-state index is 13.6. The lowest BCUT2D eigenvalue weighted by molar-refractivity contribution is -0.0530. The molecule has 1 aromatic carbocycles. The summed E-state index contributed by atoms with van der Waals surface area (Å²) >= 11 is 0. The van der Waals surface area contributed by atoms with Crippen LogP contribution in [0.4, 0.5) is 14.9 Å². The van der Waals surface area contributed by atoms with Crippen LogP contribution >= 0.6 is 0 Å². The molecule has 2 rings (SSSR count).